The Hall–Kier alpha value is -2.59. The molecule has 1 aliphatic carbocycles. The summed E-state index contributed by atoms with van der Waals surface area (Å²) in [6.07, 6.45) is 3.66. The van der Waals surface area contributed by atoms with E-state index in [4.69, 9.17) is 11.6 Å². The number of hydrogen-bond acceptors (Lipinski definition) is 2. The van der Waals surface area contributed by atoms with Crippen LogP contribution in [-0.4, -0.2) is 15.6 Å². The fourth-order valence-corrected chi connectivity index (χ4v) is 3.65. The van der Waals surface area contributed by atoms with Gasteiger partial charge in [0.15, 0.2) is 5.78 Å². The molecule has 1 heterocycles. The number of carbonyl (C=O) groups is 1. The van der Waals surface area contributed by atoms with Gasteiger partial charge in [-0.2, -0.15) is 0 Å². The van der Waals surface area contributed by atoms with E-state index in [0.29, 0.717) is 38.0 Å². The van der Waals surface area contributed by atoms with Crippen molar-refractivity contribution in [3.05, 3.63) is 73.5 Å². The molecule has 1 N–H and O–H groups in total. The van der Waals surface area contributed by atoms with Crippen LogP contribution in [0.4, 0.5) is 0 Å². The molecule has 152 valence electrons. The van der Waals surface area contributed by atoms with E-state index < -0.39 is 0 Å². The molecule has 0 amide bonds. The predicted octanol–water partition coefficient (Wildman–Crippen LogP) is 3.91. The summed E-state index contributed by atoms with van der Waals surface area (Å²) in [6.45, 7) is 16.1. The Bertz CT molecular complexity index is 1190. The van der Waals surface area contributed by atoms with Crippen LogP contribution in [-0.2, 0) is 4.79 Å². The molecule has 2 aromatic rings. The predicted molar refractivity (Wildman–Crippen MR) is 120 cm³/mol. The summed E-state index contributed by atoms with van der Waals surface area (Å²) in [5.74, 6) is 0.0325. The number of nitrogens with zero attached hydrogens (tertiary/aromatic N) is 1. The molecule has 1 aromatic heterocycles. The van der Waals surface area contributed by atoms with Gasteiger partial charge in [-0.15, -0.1) is 0 Å². The van der Waals surface area contributed by atoms with E-state index in [1.54, 1.807) is 24.3 Å². The van der Waals surface area contributed by atoms with Crippen molar-refractivity contribution in [2.75, 3.05) is 0 Å². The van der Waals surface area contributed by atoms with E-state index in [0.717, 1.165) is 0 Å². The highest BCUT2D eigenvalue weighted by molar-refractivity contribution is 6.30. The molecule has 5 heteroatoms. The monoisotopic (exact) mass is 410 g/mol. The number of H-pyrrole nitrogens is 1. The van der Waals surface area contributed by atoms with E-state index >= 15 is 0 Å². The first-order valence-electron chi connectivity index (χ1n) is 9.60. The second-order valence-electron chi connectivity index (χ2n) is 9.49. The molecule has 0 unspecified atom stereocenters. The van der Waals surface area contributed by atoms with Gasteiger partial charge in [0.05, 0.1) is 16.3 Å². The van der Waals surface area contributed by atoms with E-state index in [2.05, 4.69) is 11.7 Å². The quantitative estimate of drug-likeness (QED) is 0.774. The zero-order chi connectivity index (χ0) is 21.7. The molecule has 0 bridgehead atoms. The minimum Gasteiger partial charge on any atom is -0.291 e. The van der Waals surface area contributed by atoms with Crippen molar-refractivity contribution in [3.8, 4) is 5.69 Å². The van der Waals surface area contributed by atoms with Gasteiger partial charge in [0, 0.05) is 16.2 Å². The molecule has 0 atom stereocenters. The van der Waals surface area contributed by atoms with Crippen molar-refractivity contribution in [1.29, 1.82) is 0 Å². The molecule has 1 aromatic carbocycles. The van der Waals surface area contributed by atoms with Crippen molar-refractivity contribution in [1.82, 2.24) is 9.78 Å². The maximum Gasteiger partial charge on any atom is 0.279 e. The fourth-order valence-electron chi connectivity index (χ4n) is 3.46. The van der Waals surface area contributed by atoms with Crippen LogP contribution in [0.3, 0.4) is 0 Å². The number of allylic oxidation sites excluding steroid dienone is 4. The summed E-state index contributed by atoms with van der Waals surface area (Å²) in [7, 11) is 0. The van der Waals surface area contributed by atoms with Gasteiger partial charge in [-0.3, -0.25) is 14.7 Å². The standard InChI is InChI=1S/C24H27ClN2O2/c1-14-20(22(29)27(26-14)17-10-8-9-16(25)13-17)15-11-18(23(2,3)4)21(28)19(12-15)24(5,6)7/h8-13,26H,1H2,2-7H3. The third-order valence-corrected chi connectivity index (χ3v) is 5.26. The van der Waals surface area contributed by atoms with Crippen LogP contribution in [0, 0.1) is 10.8 Å². The molecule has 0 radical (unpaired) electrons. The van der Waals surface area contributed by atoms with Gasteiger partial charge in [-0.1, -0.05) is 65.8 Å². The van der Waals surface area contributed by atoms with Crippen LogP contribution >= 0.6 is 11.6 Å². The van der Waals surface area contributed by atoms with Crippen LogP contribution in [0.1, 0.15) is 41.5 Å². The second-order valence-corrected chi connectivity index (χ2v) is 9.92. The number of halogens is 1. The lowest BCUT2D eigenvalue weighted by atomic mass is 9.72. The van der Waals surface area contributed by atoms with E-state index in [-0.39, 0.29) is 22.2 Å². The summed E-state index contributed by atoms with van der Waals surface area (Å²) in [4.78, 5) is 26.4. The molecule has 3 rings (SSSR count). The topological polar surface area (TPSA) is 54.9 Å². The smallest absolute Gasteiger partial charge is 0.279 e. The number of aromatic amines is 1. The first-order valence-corrected chi connectivity index (χ1v) is 9.98. The van der Waals surface area contributed by atoms with Gasteiger partial charge in [0.25, 0.3) is 5.56 Å². The molecule has 0 aliphatic heterocycles. The molecule has 1 aliphatic rings. The Balaban J connectivity index is 2.39. The average Bonchev–Trinajstić information content (AvgIpc) is 2.88. The Morgan fingerprint density at radius 1 is 0.966 bits per heavy atom. The normalized spacial score (nSPS) is 15.4. The summed E-state index contributed by atoms with van der Waals surface area (Å²) in [5, 5.41) is 4.53. The zero-order valence-corrected chi connectivity index (χ0v) is 18.6. The Morgan fingerprint density at radius 2 is 1.52 bits per heavy atom. The molecule has 0 saturated heterocycles. The van der Waals surface area contributed by atoms with Crippen molar-refractivity contribution < 1.29 is 4.79 Å². The van der Waals surface area contributed by atoms with Crippen LogP contribution in [0.5, 0.6) is 0 Å². The van der Waals surface area contributed by atoms with Crippen molar-refractivity contribution in [2.24, 2.45) is 10.8 Å². The van der Waals surface area contributed by atoms with Gasteiger partial charge in [-0.25, -0.2) is 4.68 Å². The van der Waals surface area contributed by atoms with Gasteiger partial charge in [0.2, 0.25) is 0 Å². The third-order valence-electron chi connectivity index (χ3n) is 5.03. The highest BCUT2D eigenvalue weighted by Crippen LogP contribution is 2.38. The van der Waals surface area contributed by atoms with Crippen molar-refractivity contribution >= 4 is 29.5 Å². The summed E-state index contributed by atoms with van der Waals surface area (Å²) in [5.41, 5.74) is 1.78. The first kappa shape index (κ1) is 21.1. The average molecular weight is 411 g/mol. The highest BCUT2D eigenvalue weighted by Gasteiger charge is 2.34. The van der Waals surface area contributed by atoms with Crippen LogP contribution in [0.15, 0.2) is 52.4 Å². The molecule has 0 spiro atoms. The van der Waals surface area contributed by atoms with Crippen LogP contribution < -0.4 is 16.1 Å². The number of nitrogens with one attached hydrogen (secondary N) is 1. The van der Waals surface area contributed by atoms with E-state index in [9.17, 15) is 9.59 Å². The molecular formula is C24H27ClN2O2. The van der Waals surface area contributed by atoms with Gasteiger partial charge in [0.1, 0.15) is 0 Å². The van der Waals surface area contributed by atoms with Crippen LogP contribution in [0.2, 0.25) is 5.02 Å². The maximum absolute atomic E-state index is 13.3. The number of aromatic nitrogens is 2. The zero-order valence-electron chi connectivity index (χ0n) is 17.8. The molecular weight excluding hydrogens is 384 g/mol. The Morgan fingerprint density at radius 3 is 2.00 bits per heavy atom. The number of ketones is 1. The Labute approximate surface area is 175 Å². The lowest BCUT2D eigenvalue weighted by Crippen LogP contribution is -2.37. The summed E-state index contributed by atoms with van der Waals surface area (Å²) >= 11 is 6.09. The van der Waals surface area contributed by atoms with Crippen molar-refractivity contribution in [2.45, 2.75) is 41.5 Å². The number of hydrogen-bond donors (Lipinski definition) is 1. The first-order chi connectivity index (χ1) is 13.3. The molecule has 4 nitrogen and oxygen atoms in total. The number of benzene rings is 1. The van der Waals surface area contributed by atoms with Gasteiger partial charge >= 0.3 is 0 Å². The molecule has 0 fully saturated rings. The minimum atomic E-state index is -0.350. The lowest BCUT2D eigenvalue weighted by Gasteiger charge is -2.31. The van der Waals surface area contributed by atoms with E-state index in [1.165, 1.54) is 4.68 Å². The summed E-state index contributed by atoms with van der Waals surface area (Å²) in [6, 6.07) is 7.05. The lowest BCUT2D eigenvalue weighted by molar-refractivity contribution is -0.114. The fraction of sp³-hybridized carbons (Fsp3) is 0.333. The minimum absolute atomic E-state index is 0.0325. The summed E-state index contributed by atoms with van der Waals surface area (Å²) < 4.78 is 1.43. The van der Waals surface area contributed by atoms with Crippen LogP contribution in [0.25, 0.3) is 17.8 Å². The van der Waals surface area contributed by atoms with E-state index in [1.807, 2.05) is 53.7 Å². The maximum atomic E-state index is 13.3. The third kappa shape index (κ3) is 3.95. The second kappa shape index (κ2) is 7.03. The SMILES string of the molecule is C=c1[nH]n(-c2cccc(Cl)c2)c(=O)c1=C1C=C(C(C)(C)C)C(=O)C(C(C)(C)C)=C1. The molecule has 29 heavy (non-hydrogen) atoms. The number of Topliss-reactive ketones (excluding diaryl/α,β-unsaturated/α-hetero) is 1. The van der Waals surface area contributed by atoms with Crippen molar-refractivity contribution in [3.63, 3.8) is 0 Å². The van der Waals surface area contributed by atoms with Gasteiger partial charge < -0.3 is 0 Å². The Kier molecular flexibility index (Phi) is 5.12. The molecule has 0 saturated carbocycles. The highest BCUT2D eigenvalue weighted by atomic mass is 35.5. The number of rotatable bonds is 1. The van der Waals surface area contributed by atoms with Gasteiger partial charge in [-0.05, 0) is 46.8 Å². The number of carbonyl (C=O) groups excluding carboxylic acids is 1. The largest absolute Gasteiger partial charge is 0.291 e.